The van der Waals surface area contributed by atoms with Crippen LogP contribution in [0, 0.1) is 0 Å². The molecule has 1 aromatic rings. The Balaban J connectivity index is 3.26. The summed E-state index contributed by atoms with van der Waals surface area (Å²) in [4.78, 5) is 14.2. The predicted molar refractivity (Wildman–Crippen MR) is 40.9 cm³/mol. The minimum Gasteiger partial charge on any atom is -0.464 e. The van der Waals surface area contributed by atoms with Crippen molar-refractivity contribution in [3.63, 3.8) is 0 Å². The van der Waals surface area contributed by atoms with Crippen LogP contribution < -0.4 is 0 Å². The van der Waals surface area contributed by atoms with Gasteiger partial charge in [-0.1, -0.05) is 0 Å². The molecule has 0 spiro atoms. The second-order valence-electron chi connectivity index (χ2n) is 1.92. The van der Waals surface area contributed by atoms with Crippen molar-refractivity contribution in [3.05, 3.63) is 12.1 Å². The molecule has 0 aliphatic heterocycles. The number of hydrogen-bond acceptors (Lipinski definition) is 6. The number of rotatable bonds is 2. The van der Waals surface area contributed by atoms with E-state index in [0.29, 0.717) is 0 Å². The Morgan fingerprint density at radius 2 is 2.31 bits per heavy atom. The number of methoxy groups -OCH3 is 1. The molecule has 0 aromatic carbocycles. The molecule has 72 valence electrons. The van der Waals surface area contributed by atoms with E-state index in [1.165, 1.54) is 0 Å². The van der Waals surface area contributed by atoms with Crippen LogP contribution in [0.25, 0.3) is 0 Å². The van der Waals surface area contributed by atoms with Crippen LogP contribution in [-0.2, 0) is 13.8 Å². The Hall–Kier alpha value is -1.08. The SMILES string of the molecule is COC(=O)c1ncoc1S(=O)(=O)Cl. The summed E-state index contributed by atoms with van der Waals surface area (Å²) in [5.74, 6) is -0.923. The molecule has 0 amide bonds. The topological polar surface area (TPSA) is 86.5 Å². The van der Waals surface area contributed by atoms with Crippen molar-refractivity contribution in [1.29, 1.82) is 0 Å². The first-order valence-electron chi connectivity index (χ1n) is 2.93. The molecule has 0 radical (unpaired) electrons. The number of aromatic nitrogens is 1. The van der Waals surface area contributed by atoms with Crippen molar-refractivity contribution in [2.45, 2.75) is 5.09 Å². The molecule has 1 aromatic heterocycles. The molecule has 0 unspecified atom stereocenters. The van der Waals surface area contributed by atoms with Gasteiger partial charge < -0.3 is 9.15 Å². The van der Waals surface area contributed by atoms with Gasteiger partial charge in [0.2, 0.25) is 5.69 Å². The lowest BCUT2D eigenvalue weighted by molar-refractivity contribution is 0.0587. The van der Waals surface area contributed by atoms with E-state index in [0.717, 1.165) is 13.5 Å². The Labute approximate surface area is 77.9 Å². The Morgan fingerprint density at radius 3 is 2.77 bits per heavy atom. The van der Waals surface area contributed by atoms with Crippen molar-refractivity contribution in [1.82, 2.24) is 4.98 Å². The first kappa shape index (κ1) is 10.0. The number of esters is 1. The van der Waals surface area contributed by atoms with Crippen molar-refractivity contribution in [2.75, 3.05) is 7.11 Å². The zero-order valence-corrected chi connectivity index (χ0v) is 7.92. The second-order valence-corrected chi connectivity index (χ2v) is 4.38. The van der Waals surface area contributed by atoms with E-state index in [2.05, 4.69) is 14.1 Å². The zero-order valence-electron chi connectivity index (χ0n) is 6.35. The molecule has 0 atom stereocenters. The average Bonchev–Trinajstić information content (AvgIpc) is 2.49. The second kappa shape index (κ2) is 3.35. The number of hydrogen-bond donors (Lipinski definition) is 0. The van der Waals surface area contributed by atoms with E-state index in [1.54, 1.807) is 0 Å². The smallest absolute Gasteiger partial charge is 0.361 e. The largest absolute Gasteiger partial charge is 0.464 e. The number of halogens is 1. The summed E-state index contributed by atoms with van der Waals surface area (Å²) in [6.07, 6.45) is 0.793. The molecular formula is C5H4ClNO5S. The van der Waals surface area contributed by atoms with Crippen LogP contribution in [0.3, 0.4) is 0 Å². The van der Waals surface area contributed by atoms with Crippen LogP contribution in [0.4, 0.5) is 0 Å². The summed E-state index contributed by atoms with van der Waals surface area (Å²) in [7, 11) is 1.92. The molecule has 0 N–H and O–H groups in total. The third-order valence-electron chi connectivity index (χ3n) is 1.14. The molecule has 0 aliphatic rings. The summed E-state index contributed by atoms with van der Waals surface area (Å²) in [5, 5.41) is -0.707. The third kappa shape index (κ3) is 1.99. The van der Waals surface area contributed by atoms with Crippen molar-refractivity contribution < 1.29 is 22.4 Å². The van der Waals surface area contributed by atoms with Gasteiger partial charge in [-0.3, -0.25) is 0 Å². The fourth-order valence-corrected chi connectivity index (χ4v) is 1.49. The average molecular weight is 226 g/mol. The van der Waals surface area contributed by atoms with E-state index in [-0.39, 0.29) is 0 Å². The van der Waals surface area contributed by atoms with E-state index >= 15 is 0 Å². The highest BCUT2D eigenvalue weighted by Crippen LogP contribution is 2.19. The molecule has 1 rings (SSSR count). The van der Waals surface area contributed by atoms with Crippen molar-refractivity contribution in [2.24, 2.45) is 0 Å². The highest BCUT2D eigenvalue weighted by molar-refractivity contribution is 8.13. The zero-order chi connectivity index (χ0) is 10.1. The van der Waals surface area contributed by atoms with Gasteiger partial charge in [-0.15, -0.1) is 0 Å². The number of nitrogens with zero attached hydrogens (tertiary/aromatic N) is 1. The third-order valence-corrected chi connectivity index (χ3v) is 2.29. The van der Waals surface area contributed by atoms with Crippen LogP contribution in [0.1, 0.15) is 10.5 Å². The number of carbonyl (C=O) groups is 1. The number of ether oxygens (including phenoxy) is 1. The summed E-state index contributed by atoms with van der Waals surface area (Å²) in [6.45, 7) is 0. The quantitative estimate of drug-likeness (QED) is 0.535. The minimum absolute atomic E-state index is 0.461. The fourth-order valence-electron chi connectivity index (χ4n) is 0.641. The maximum atomic E-state index is 10.9. The van der Waals surface area contributed by atoms with Gasteiger partial charge in [-0.2, -0.15) is 0 Å². The molecule has 1 heterocycles. The van der Waals surface area contributed by atoms with Gasteiger partial charge in [0.15, 0.2) is 6.39 Å². The molecule has 0 saturated carbocycles. The highest BCUT2D eigenvalue weighted by atomic mass is 35.7. The van der Waals surface area contributed by atoms with Gasteiger partial charge in [0.05, 0.1) is 7.11 Å². The van der Waals surface area contributed by atoms with Crippen LogP contribution >= 0.6 is 10.7 Å². The molecule has 0 saturated heterocycles. The molecule has 0 bridgehead atoms. The lowest BCUT2D eigenvalue weighted by Crippen LogP contribution is -2.06. The standard InChI is InChI=1S/C5H4ClNO5S/c1-11-4(8)3-5(12-2-7-3)13(6,9)10/h2H,1H3. The van der Waals surface area contributed by atoms with Crippen LogP contribution in [0.2, 0.25) is 0 Å². The fraction of sp³-hybridized carbons (Fsp3) is 0.200. The van der Waals surface area contributed by atoms with Crippen LogP contribution in [0.15, 0.2) is 15.9 Å². The van der Waals surface area contributed by atoms with E-state index in [1.807, 2.05) is 0 Å². The molecule has 0 fully saturated rings. The van der Waals surface area contributed by atoms with Gasteiger partial charge in [-0.25, -0.2) is 18.2 Å². The van der Waals surface area contributed by atoms with Crippen LogP contribution in [0.5, 0.6) is 0 Å². The monoisotopic (exact) mass is 225 g/mol. The first-order valence-corrected chi connectivity index (χ1v) is 5.24. The summed E-state index contributed by atoms with van der Waals surface area (Å²) < 4.78 is 30.2. The van der Waals surface area contributed by atoms with Crippen LogP contribution in [-0.4, -0.2) is 26.5 Å². The van der Waals surface area contributed by atoms with Gasteiger partial charge >= 0.3 is 5.97 Å². The summed E-state index contributed by atoms with van der Waals surface area (Å²) >= 11 is 0. The summed E-state index contributed by atoms with van der Waals surface area (Å²) in [6, 6.07) is 0. The van der Waals surface area contributed by atoms with Crippen molar-refractivity contribution in [3.8, 4) is 0 Å². The highest BCUT2D eigenvalue weighted by Gasteiger charge is 2.26. The maximum absolute atomic E-state index is 10.9. The van der Waals surface area contributed by atoms with Gasteiger partial charge in [0, 0.05) is 10.7 Å². The minimum atomic E-state index is -4.10. The van der Waals surface area contributed by atoms with Gasteiger partial charge in [0.1, 0.15) is 0 Å². The Morgan fingerprint density at radius 1 is 1.69 bits per heavy atom. The Bertz CT molecular complexity index is 422. The van der Waals surface area contributed by atoms with E-state index in [4.69, 9.17) is 10.7 Å². The number of carbonyl (C=O) groups excluding carboxylic acids is 1. The lowest BCUT2D eigenvalue weighted by atomic mass is 10.5. The predicted octanol–water partition coefficient (Wildman–Crippen LogP) is 0.389. The van der Waals surface area contributed by atoms with E-state index < -0.39 is 25.8 Å². The normalized spacial score (nSPS) is 11.2. The first-order chi connectivity index (χ1) is 5.96. The molecule has 13 heavy (non-hydrogen) atoms. The molecule has 8 heteroatoms. The van der Waals surface area contributed by atoms with Gasteiger partial charge in [0.25, 0.3) is 14.1 Å². The lowest BCUT2D eigenvalue weighted by Gasteiger charge is -1.94. The molecule has 0 aliphatic carbocycles. The van der Waals surface area contributed by atoms with E-state index in [9.17, 15) is 13.2 Å². The molecule has 6 nitrogen and oxygen atoms in total. The maximum Gasteiger partial charge on any atom is 0.361 e. The van der Waals surface area contributed by atoms with Gasteiger partial charge in [-0.05, 0) is 0 Å². The van der Waals surface area contributed by atoms with Crippen molar-refractivity contribution >= 4 is 25.7 Å². The Kier molecular flexibility index (Phi) is 2.58. The number of oxazole rings is 1. The summed E-state index contributed by atoms with van der Waals surface area (Å²) in [5.41, 5.74) is -0.461. The molecular weight excluding hydrogens is 222 g/mol.